The Morgan fingerprint density at radius 1 is 0.962 bits per heavy atom. The molecule has 0 bridgehead atoms. The maximum Gasteiger partial charge on any atom is 0.271 e. The largest absolute Gasteiger partial charge is 0.507 e. The maximum absolute atomic E-state index is 12.1. The fraction of sp³-hybridized carbons (Fsp3) is 0.364. The molecule has 0 aliphatic carbocycles. The number of carbonyl (C=O) groups excluding carboxylic acids is 1. The van der Waals surface area contributed by atoms with Crippen molar-refractivity contribution in [2.45, 2.75) is 52.4 Å². The van der Waals surface area contributed by atoms with E-state index in [0.29, 0.717) is 11.3 Å². The Labute approximate surface area is 156 Å². The van der Waals surface area contributed by atoms with Crippen molar-refractivity contribution in [2.75, 3.05) is 0 Å². The molecular weight excluding hydrogens is 324 g/mol. The summed E-state index contributed by atoms with van der Waals surface area (Å²) in [6.07, 6.45) is 1.62. The molecule has 0 aliphatic heterocycles. The van der Waals surface area contributed by atoms with Crippen LogP contribution in [0.15, 0.2) is 47.6 Å². The van der Waals surface area contributed by atoms with Gasteiger partial charge < -0.3 is 5.11 Å². The highest BCUT2D eigenvalue weighted by atomic mass is 16.3. The van der Waals surface area contributed by atoms with Crippen molar-refractivity contribution in [3.05, 3.63) is 64.7 Å². The molecule has 0 aliphatic rings. The smallest absolute Gasteiger partial charge is 0.271 e. The molecule has 0 heterocycles. The van der Waals surface area contributed by atoms with Gasteiger partial charge in [-0.15, -0.1) is 0 Å². The fourth-order valence-corrected chi connectivity index (χ4v) is 2.69. The van der Waals surface area contributed by atoms with Crippen molar-refractivity contribution >= 4 is 12.1 Å². The minimum Gasteiger partial charge on any atom is -0.507 e. The number of carbonyl (C=O) groups is 1. The van der Waals surface area contributed by atoms with Crippen molar-refractivity contribution in [1.29, 1.82) is 0 Å². The number of aromatic hydroxyl groups is 1. The van der Waals surface area contributed by atoms with Crippen molar-refractivity contribution < 1.29 is 9.90 Å². The molecule has 0 saturated heterocycles. The van der Waals surface area contributed by atoms with E-state index in [-0.39, 0.29) is 16.7 Å². The van der Waals surface area contributed by atoms with Crippen molar-refractivity contribution in [1.82, 2.24) is 5.43 Å². The summed E-state index contributed by atoms with van der Waals surface area (Å²) in [5.74, 6) is 0.0724. The molecule has 138 valence electrons. The zero-order chi connectivity index (χ0) is 19.5. The molecule has 4 nitrogen and oxygen atoms in total. The lowest BCUT2D eigenvalue weighted by atomic mass is 9.78. The number of hydrogen-bond donors (Lipinski definition) is 2. The zero-order valence-electron chi connectivity index (χ0n) is 16.4. The van der Waals surface area contributed by atoms with Crippen molar-refractivity contribution in [3.63, 3.8) is 0 Å². The fourth-order valence-electron chi connectivity index (χ4n) is 2.69. The second-order valence-electron chi connectivity index (χ2n) is 8.53. The van der Waals surface area contributed by atoms with E-state index in [1.807, 2.05) is 30.3 Å². The second kappa shape index (κ2) is 7.32. The quantitative estimate of drug-likeness (QED) is 0.618. The molecule has 0 atom stereocenters. The first-order chi connectivity index (χ1) is 12.0. The van der Waals surface area contributed by atoms with Gasteiger partial charge in [0.1, 0.15) is 5.75 Å². The maximum atomic E-state index is 12.1. The zero-order valence-corrected chi connectivity index (χ0v) is 16.4. The molecule has 2 rings (SSSR count). The number of hydrazone groups is 1. The first-order valence-corrected chi connectivity index (χ1v) is 8.76. The predicted octanol–water partition coefficient (Wildman–Crippen LogP) is 4.75. The van der Waals surface area contributed by atoms with Gasteiger partial charge >= 0.3 is 0 Å². The third-order valence-electron chi connectivity index (χ3n) is 4.16. The van der Waals surface area contributed by atoms with Crippen LogP contribution in [0.2, 0.25) is 0 Å². The Morgan fingerprint density at radius 2 is 1.46 bits per heavy atom. The monoisotopic (exact) mass is 352 g/mol. The minimum absolute atomic E-state index is 0.207. The number of amides is 1. The average molecular weight is 352 g/mol. The standard InChI is InChI=1S/C22H28N2O2/c1-21(2,3)17-12-15(13-18(19(17)25)22(4,5)6)14-23-24-20(26)16-10-8-7-9-11-16/h7-14,25H,1-6H3,(H,24,26)/b23-14-. The molecule has 0 fully saturated rings. The van der Waals surface area contributed by atoms with E-state index in [4.69, 9.17) is 0 Å². The highest BCUT2D eigenvalue weighted by molar-refractivity contribution is 5.94. The summed E-state index contributed by atoms with van der Waals surface area (Å²) in [6, 6.07) is 12.8. The molecule has 0 radical (unpaired) electrons. The second-order valence-corrected chi connectivity index (χ2v) is 8.53. The first-order valence-electron chi connectivity index (χ1n) is 8.76. The molecule has 1 amide bonds. The van der Waals surface area contributed by atoms with Gasteiger partial charge in [0.2, 0.25) is 0 Å². The minimum atomic E-state index is -0.257. The summed E-state index contributed by atoms with van der Waals surface area (Å²) in [5.41, 5.74) is 5.25. The van der Waals surface area contributed by atoms with Crippen molar-refractivity contribution in [2.24, 2.45) is 5.10 Å². The van der Waals surface area contributed by atoms with E-state index >= 15 is 0 Å². The van der Waals surface area contributed by atoms with Crippen LogP contribution < -0.4 is 5.43 Å². The lowest BCUT2D eigenvalue weighted by Gasteiger charge is -2.27. The number of nitrogens with zero attached hydrogens (tertiary/aromatic N) is 1. The third kappa shape index (κ3) is 4.72. The summed E-state index contributed by atoms with van der Waals surface area (Å²) >= 11 is 0. The Balaban J connectivity index is 2.33. The van der Waals surface area contributed by atoms with Crippen LogP contribution in [-0.2, 0) is 10.8 Å². The Morgan fingerprint density at radius 3 is 1.92 bits per heavy atom. The van der Waals surface area contributed by atoms with Crippen LogP contribution in [0.5, 0.6) is 5.75 Å². The lowest BCUT2D eigenvalue weighted by Crippen LogP contribution is -2.19. The highest BCUT2D eigenvalue weighted by Gasteiger charge is 2.26. The SMILES string of the molecule is CC(C)(C)c1cc(/C=N\NC(=O)c2ccccc2)cc(C(C)(C)C)c1O. The Hall–Kier alpha value is -2.62. The van der Waals surface area contributed by atoms with Gasteiger partial charge in [0, 0.05) is 16.7 Å². The molecule has 2 aromatic rings. The van der Waals surface area contributed by atoms with Crippen LogP contribution in [0, 0.1) is 0 Å². The normalized spacial score (nSPS) is 12.4. The van der Waals surface area contributed by atoms with E-state index < -0.39 is 0 Å². The molecular formula is C22H28N2O2. The summed E-state index contributed by atoms with van der Waals surface area (Å²) in [6.45, 7) is 12.4. The van der Waals surface area contributed by atoms with Gasteiger partial charge in [-0.05, 0) is 40.7 Å². The number of rotatable bonds is 3. The van der Waals surface area contributed by atoms with E-state index in [1.54, 1.807) is 18.3 Å². The Kier molecular flexibility index (Phi) is 5.55. The van der Waals surface area contributed by atoms with Crippen LogP contribution in [0.3, 0.4) is 0 Å². The topological polar surface area (TPSA) is 61.7 Å². The molecule has 2 aromatic carbocycles. The molecule has 0 aromatic heterocycles. The molecule has 4 heteroatoms. The molecule has 26 heavy (non-hydrogen) atoms. The predicted molar refractivity (Wildman–Crippen MR) is 107 cm³/mol. The van der Waals surface area contributed by atoms with Gasteiger partial charge in [-0.3, -0.25) is 4.79 Å². The van der Waals surface area contributed by atoms with Crippen molar-refractivity contribution in [3.8, 4) is 5.75 Å². The van der Waals surface area contributed by atoms with Crippen LogP contribution >= 0.6 is 0 Å². The highest BCUT2D eigenvalue weighted by Crippen LogP contribution is 2.39. The van der Waals surface area contributed by atoms with Gasteiger partial charge in [0.15, 0.2) is 0 Å². The number of hydrogen-bond acceptors (Lipinski definition) is 3. The van der Waals surface area contributed by atoms with E-state index in [1.165, 1.54) is 0 Å². The van der Waals surface area contributed by atoms with Crippen LogP contribution in [0.4, 0.5) is 0 Å². The molecule has 2 N–H and O–H groups in total. The summed E-state index contributed by atoms with van der Waals surface area (Å²) in [4.78, 5) is 12.1. The third-order valence-corrected chi connectivity index (χ3v) is 4.16. The van der Waals surface area contributed by atoms with Gasteiger partial charge in [0.05, 0.1) is 6.21 Å². The Bertz CT molecular complexity index is 775. The van der Waals surface area contributed by atoms with Gasteiger partial charge in [-0.1, -0.05) is 59.7 Å². The molecule has 0 saturated carbocycles. The van der Waals surface area contributed by atoms with E-state index in [0.717, 1.165) is 16.7 Å². The summed E-state index contributed by atoms with van der Waals surface area (Å²) < 4.78 is 0. The van der Waals surface area contributed by atoms with Gasteiger partial charge in [-0.25, -0.2) is 5.43 Å². The lowest BCUT2D eigenvalue weighted by molar-refractivity contribution is 0.0955. The first kappa shape index (κ1) is 19.7. The number of phenolic OH excluding ortho intramolecular Hbond substituents is 1. The van der Waals surface area contributed by atoms with Crippen LogP contribution in [-0.4, -0.2) is 17.2 Å². The van der Waals surface area contributed by atoms with Crippen LogP contribution in [0.1, 0.15) is 68.6 Å². The molecule has 0 unspecified atom stereocenters. The van der Waals surface area contributed by atoms with Crippen LogP contribution in [0.25, 0.3) is 0 Å². The summed E-state index contributed by atoms with van der Waals surface area (Å²) in [7, 11) is 0. The van der Waals surface area contributed by atoms with E-state index in [9.17, 15) is 9.90 Å². The molecule has 0 spiro atoms. The van der Waals surface area contributed by atoms with E-state index in [2.05, 4.69) is 52.1 Å². The summed E-state index contributed by atoms with van der Waals surface area (Å²) in [5, 5.41) is 14.8. The average Bonchev–Trinajstić information content (AvgIpc) is 2.54. The van der Waals surface area contributed by atoms with Gasteiger partial charge in [0.25, 0.3) is 5.91 Å². The number of phenols is 1. The number of nitrogens with one attached hydrogen (secondary N) is 1. The number of benzene rings is 2. The van der Waals surface area contributed by atoms with Gasteiger partial charge in [-0.2, -0.15) is 5.10 Å².